The fraction of sp³-hybridized carbons (Fsp3) is 0.526. The summed E-state index contributed by atoms with van der Waals surface area (Å²) in [5, 5.41) is 7.47. The number of hydrogen-bond donors (Lipinski definition) is 1. The summed E-state index contributed by atoms with van der Waals surface area (Å²) < 4.78 is 1.88. The summed E-state index contributed by atoms with van der Waals surface area (Å²) in [6, 6.07) is 10.6. The minimum atomic E-state index is -0.226. The van der Waals surface area contributed by atoms with Gasteiger partial charge in [-0.2, -0.15) is 5.10 Å². The largest absolute Gasteiger partial charge is 0.352 e. The Bertz CT molecular complexity index is 683. The van der Waals surface area contributed by atoms with Gasteiger partial charge in [-0.25, -0.2) is 4.98 Å². The molecule has 1 aromatic heterocycles. The second-order valence-electron chi connectivity index (χ2n) is 7.10. The van der Waals surface area contributed by atoms with E-state index in [0.29, 0.717) is 12.1 Å². The minimum Gasteiger partial charge on any atom is -0.352 e. The summed E-state index contributed by atoms with van der Waals surface area (Å²) in [6.07, 6.45) is 8.96. The fourth-order valence-corrected chi connectivity index (χ4v) is 3.74. The van der Waals surface area contributed by atoms with Crippen molar-refractivity contribution in [2.45, 2.75) is 56.8 Å². The zero-order valence-corrected chi connectivity index (χ0v) is 14.4. The molecule has 1 aliphatic carbocycles. The van der Waals surface area contributed by atoms with Crippen molar-refractivity contribution < 1.29 is 4.79 Å². The van der Waals surface area contributed by atoms with Gasteiger partial charge < -0.3 is 5.32 Å². The molecule has 0 spiro atoms. The number of likely N-dealkylation sites (tertiary alicyclic amines) is 1. The maximum Gasteiger partial charge on any atom is 0.242 e. The van der Waals surface area contributed by atoms with E-state index in [9.17, 15) is 4.79 Å². The third-order valence-corrected chi connectivity index (χ3v) is 5.16. The highest BCUT2D eigenvalue weighted by Crippen LogP contribution is 2.31. The summed E-state index contributed by atoms with van der Waals surface area (Å²) in [5.41, 5.74) is 1.08. The lowest BCUT2D eigenvalue weighted by Gasteiger charge is -2.40. The van der Waals surface area contributed by atoms with E-state index in [0.717, 1.165) is 44.3 Å². The first kappa shape index (κ1) is 16.3. The molecule has 4 rings (SSSR count). The van der Waals surface area contributed by atoms with Gasteiger partial charge in [-0.3, -0.25) is 14.4 Å². The molecule has 2 aliphatic rings. The number of aromatic nitrogens is 3. The number of rotatable bonds is 6. The smallest absolute Gasteiger partial charge is 0.242 e. The summed E-state index contributed by atoms with van der Waals surface area (Å²) in [7, 11) is 0. The maximum atomic E-state index is 13.1. The predicted molar refractivity (Wildman–Crippen MR) is 94.7 cm³/mol. The molecular weight excluding hydrogens is 314 g/mol. The predicted octanol–water partition coefficient (Wildman–Crippen LogP) is 2.15. The van der Waals surface area contributed by atoms with E-state index in [1.54, 1.807) is 12.7 Å². The molecule has 132 valence electrons. The molecule has 0 unspecified atom stereocenters. The van der Waals surface area contributed by atoms with Crippen LogP contribution in [0.1, 0.15) is 43.7 Å². The number of nitrogens with one attached hydrogen (secondary N) is 1. The highest BCUT2D eigenvalue weighted by Gasteiger charge is 2.36. The standard InChI is InChI=1S/C19H25N5O/c25-19(22-16-9-10-16)18(15-6-2-1-3-7-15)24-11-5-4-8-17(24)12-23-14-20-13-21-23/h1-3,6-7,13-14,16-18H,4-5,8-12H2,(H,22,25)/t17-,18+/m0/s1. The molecule has 6 heteroatoms. The van der Waals surface area contributed by atoms with E-state index in [-0.39, 0.29) is 11.9 Å². The first-order valence-corrected chi connectivity index (χ1v) is 9.25. The van der Waals surface area contributed by atoms with Crippen molar-refractivity contribution in [3.8, 4) is 0 Å². The van der Waals surface area contributed by atoms with Gasteiger partial charge in [0.2, 0.25) is 5.91 Å². The summed E-state index contributed by atoms with van der Waals surface area (Å²) in [5.74, 6) is 0.138. The molecule has 1 N–H and O–H groups in total. The maximum absolute atomic E-state index is 13.1. The van der Waals surface area contributed by atoms with Crippen molar-refractivity contribution in [3.05, 3.63) is 48.5 Å². The molecule has 2 fully saturated rings. The Morgan fingerprint density at radius 3 is 2.76 bits per heavy atom. The zero-order valence-electron chi connectivity index (χ0n) is 14.4. The summed E-state index contributed by atoms with van der Waals surface area (Å²) >= 11 is 0. The normalized spacial score (nSPS) is 22.5. The molecule has 1 aliphatic heterocycles. The van der Waals surface area contributed by atoms with E-state index >= 15 is 0 Å². The van der Waals surface area contributed by atoms with E-state index in [1.165, 1.54) is 6.42 Å². The van der Waals surface area contributed by atoms with E-state index in [2.05, 4.69) is 32.4 Å². The van der Waals surface area contributed by atoms with Crippen molar-refractivity contribution in [1.82, 2.24) is 25.0 Å². The van der Waals surface area contributed by atoms with Crippen molar-refractivity contribution in [3.63, 3.8) is 0 Å². The number of amides is 1. The van der Waals surface area contributed by atoms with Crippen LogP contribution in [0.15, 0.2) is 43.0 Å². The molecule has 0 radical (unpaired) electrons. The van der Waals surface area contributed by atoms with Gasteiger partial charge in [0, 0.05) is 12.1 Å². The molecule has 1 saturated heterocycles. The van der Waals surface area contributed by atoms with Gasteiger partial charge in [0.25, 0.3) is 0 Å². The van der Waals surface area contributed by atoms with Crippen LogP contribution in [0.5, 0.6) is 0 Å². The van der Waals surface area contributed by atoms with Crippen molar-refractivity contribution in [2.24, 2.45) is 0 Å². The Morgan fingerprint density at radius 2 is 2.04 bits per heavy atom. The Morgan fingerprint density at radius 1 is 1.20 bits per heavy atom. The van der Waals surface area contributed by atoms with Crippen molar-refractivity contribution in [2.75, 3.05) is 6.54 Å². The van der Waals surface area contributed by atoms with Crippen LogP contribution in [0, 0.1) is 0 Å². The number of nitrogens with zero attached hydrogens (tertiary/aromatic N) is 4. The van der Waals surface area contributed by atoms with Crippen LogP contribution in [0.4, 0.5) is 0 Å². The second-order valence-corrected chi connectivity index (χ2v) is 7.10. The lowest BCUT2D eigenvalue weighted by Crippen LogP contribution is -2.49. The van der Waals surface area contributed by atoms with Gasteiger partial charge in [0.05, 0.1) is 6.54 Å². The zero-order chi connectivity index (χ0) is 17.1. The molecule has 1 amide bonds. The second kappa shape index (κ2) is 7.35. The lowest BCUT2D eigenvalue weighted by molar-refractivity contribution is -0.128. The average Bonchev–Trinajstić information content (AvgIpc) is 3.30. The molecule has 25 heavy (non-hydrogen) atoms. The summed E-state index contributed by atoms with van der Waals surface area (Å²) in [6.45, 7) is 1.72. The van der Waals surface area contributed by atoms with Crippen LogP contribution in [0.3, 0.4) is 0 Å². The third-order valence-electron chi connectivity index (χ3n) is 5.16. The highest BCUT2D eigenvalue weighted by molar-refractivity contribution is 5.83. The monoisotopic (exact) mass is 339 g/mol. The highest BCUT2D eigenvalue weighted by atomic mass is 16.2. The van der Waals surface area contributed by atoms with E-state index < -0.39 is 0 Å². The lowest BCUT2D eigenvalue weighted by atomic mass is 9.95. The van der Waals surface area contributed by atoms with Gasteiger partial charge in [-0.1, -0.05) is 36.8 Å². The SMILES string of the molecule is O=C(NC1CC1)[C@@H](c1ccccc1)N1CCCC[C@H]1Cn1cncn1. The van der Waals surface area contributed by atoms with Gasteiger partial charge in [0.1, 0.15) is 18.7 Å². The molecule has 0 bridgehead atoms. The quantitative estimate of drug-likeness (QED) is 0.876. The van der Waals surface area contributed by atoms with Gasteiger partial charge >= 0.3 is 0 Å². The van der Waals surface area contributed by atoms with Crippen LogP contribution in [-0.4, -0.2) is 44.2 Å². The molecule has 6 nitrogen and oxygen atoms in total. The van der Waals surface area contributed by atoms with Crippen LogP contribution in [0.25, 0.3) is 0 Å². The number of hydrogen-bond acceptors (Lipinski definition) is 4. The Kier molecular flexibility index (Phi) is 4.78. The van der Waals surface area contributed by atoms with Crippen molar-refractivity contribution >= 4 is 5.91 Å². The summed E-state index contributed by atoms with van der Waals surface area (Å²) in [4.78, 5) is 19.5. The minimum absolute atomic E-state index is 0.138. The van der Waals surface area contributed by atoms with Gasteiger partial charge in [-0.05, 0) is 37.8 Å². The van der Waals surface area contributed by atoms with Gasteiger partial charge in [0.15, 0.2) is 0 Å². The molecule has 2 aromatic rings. The number of carbonyl (C=O) groups excluding carboxylic acids is 1. The molecule has 2 atom stereocenters. The van der Waals surface area contributed by atoms with Crippen molar-refractivity contribution in [1.29, 1.82) is 0 Å². The number of benzene rings is 1. The Labute approximate surface area is 148 Å². The molecule has 1 aromatic carbocycles. The molecule has 1 saturated carbocycles. The Balaban J connectivity index is 1.59. The van der Waals surface area contributed by atoms with Gasteiger partial charge in [-0.15, -0.1) is 0 Å². The fourth-order valence-electron chi connectivity index (χ4n) is 3.74. The van der Waals surface area contributed by atoms with Crippen LogP contribution >= 0.6 is 0 Å². The Hall–Kier alpha value is -2.21. The third kappa shape index (κ3) is 3.90. The number of piperidine rings is 1. The van der Waals surface area contributed by atoms with E-state index in [1.807, 2.05) is 22.9 Å². The topological polar surface area (TPSA) is 63.1 Å². The van der Waals surface area contributed by atoms with Crippen LogP contribution in [-0.2, 0) is 11.3 Å². The first-order chi connectivity index (χ1) is 12.3. The van der Waals surface area contributed by atoms with Crippen LogP contribution in [0.2, 0.25) is 0 Å². The molecular formula is C19H25N5O. The van der Waals surface area contributed by atoms with Crippen LogP contribution < -0.4 is 5.32 Å². The number of carbonyl (C=O) groups is 1. The first-order valence-electron chi connectivity index (χ1n) is 9.25. The average molecular weight is 339 g/mol. The molecule has 2 heterocycles. The van der Waals surface area contributed by atoms with E-state index in [4.69, 9.17) is 0 Å².